The van der Waals surface area contributed by atoms with Crippen LogP contribution in [0.15, 0.2) is 30.8 Å². The molecular formula is C20H33BO3Si. The van der Waals surface area contributed by atoms with Gasteiger partial charge < -0.3 is 14.0 Å². The van der Waals surface area contributed by atoms with Gasteiger partial charge in [-0.25, -0.2) is 0 Å². The average molecular weight is 360 g/mol. The van der Waals surface area contributed by atoms with Crippen LogP contribution in [0.5, 0.6) is 0 Å². The Balaban J connectivity index is 2.40. The molecule has 0 spiro atoms. The third kappa shape index (κ3) is 4.11. The molecule has 0 saturated carbocycles. The van der Waals surface area contributed by atoms with E-state index < -0.39 is 8.07 Å². The van der Waals surface area contributed by atoms with E-state index in [1.165, 1.54) is 5.56 Å². The van der Waals surface area contributed by atoms with Crippen LogP contribution < -0.4 is 0 Å². The zero-order valence-electron chi connectivity index (χ0n) is 17.1. The van der Waals surface area contributed by atoms with E-state index >= 15 is 0 Å². The van der Waals surface area contributed by atoms with Crippen LogP contribution in [-0.2, 0) is 14.0 Å². The highest BCUT2D eigenvalue weighted by atomic mass is 28.3. The molecule has 0 N–H and O–H groups in total. The summed E-state index contributed by atoms with van der Waals surface area (Å²) in [5, 5.41) is 0. The van der Waals surface area contributed by atoms with Crippen LogP contribution in [0.25, 0.3) is 6.08 Å². The van der Waals surface area contributed by atoms with E-state index in [0.29, 0.717) is 0 Å². The summed E-state index contributed by atoms with van der Waals surface area (Å²) in [7, 11) is -0.215. The molecular weight excluding hydrogens is 327 g/mol. The van der Waals surface area contributed by atoms with Gasteiger partial charge in [-0.05, 0) is 38.8 Å². The Bertz CT molecular complexity index is 588. The Morgan fingerprint density at radius 3 is 1.88 bits per heavy atom. The lowest BCUT2D eigenvalue weighted by atomic mass is 9.76. The van der Waals surface area contributed by atoms with E-state index in [-0.39, 0.29) is 29.9 Å². The van der Waals surface area contributed by atoms with Crippen molar-refractivity contribution in [3.05, 3.63) is 42.0 Å². The molecule has 1 aliphatic rings. The standard InChI is InChI=1S/C20H33BO3Si/c1-10-15-11-13-16(14-12-15)17(25(7,8)9)18(22-6)21-23-19(2,3)20(4,5)24-21/h10-14,17-18H,1H2,2-9H3/t17-,18-/m1/s1. The number of benzene rings is 1. The molecule has 2 rings (SSSR count). The first-order chi connectivity index (χ1) is 11.4. The lowest BCUT2D eigenvalue weighted by Crippen LogP contribution is -2.49. The van der Waals surface area contributed by atoms with Crippen LogP contribution in [0.2, 0.25) is 19.6 Å². The molecule has 1 heterocycles. The predicted octanol–water partition coefficient (Wildman–Crippen LogP) is 4.94. The van der Waals surface area contributed by atoms with Crippen molar-refractivity contribution in [1.29, 1.82) is 0 Å². The van der Waals surface area contributed by atoms with Crippen molar-refractivity contribution >= 4 is 21.3 Å². The molecule has 0 radical (unpaired) electrons. The Labute approximate surface area is 154 Å². The molecule has 0 aliphatic carbocycles. The second kappa shape index (κ2) is 7.03. The summed E-state index contributed by atoms with van der Waals surface area (Å²) in [4.78, 5) is 0. The molecule has 2 atom stereocenters. The fourth-order valence-corrected chi connectivity index (χ4v) is 5.92. The van der Waals surface area contributed by atoms with E-state index in [1.807, 2.05) is 6.08 Å². The summed E-state index contributed by atoms with van der Waals surface area (Å²) in [6.45, 7) is 19.3. The molecule has 1 aliphatic heterocycles. The van der Waals surface area contributed by atoms with Gasteiger partial charge >= 0.3 is 7.12 Å². The van der Waals surface area contributed by atoms with E-state index in [1.54, 1.807) is 7.11 Å². The summed E-state index contributed by atoms with van der Waals surface area (Å²) >= 11 is 0. The van der Waals surface area contributed by atoms with E-state index in [4.69, 9.17) is 14.0 Å². The molecule has 0 aromatic heterocycles. The van der Waals surface area contributed by atoms with Crippen molar-refractivity contribution in [3.63, 3.8) is 0 Å². The first-order valence-corrected chi connectivity index (χ1v) is 12.6. The normalized spacial score (nSPS) is 21.8. The van der Waals surface area contributed by atoms with Crippen molar-refractivity contribution in [3.8, 4) is 0 Å². The molecule has 0 unspecified atom stereocenters. The van der Waals surface area contributed by atoms with Gasteiger partial charge in [0.15, 0.2) is 0 Å². The number of methoxy groups -OCH3 is 1. The zero-order chi connectivity index (χ0) is 19.0. The van der Waals surface area contributed by atoms with Gasteiger partial charge in [-0.2, -0.15) is 0 Å². The average Bonchev–Trinajstić information content (AvgIpc) is 2.71. The van der Waals surface area contributed by atoms with E-state index in [9.17, 15) is 0 Å². The fraction of sp³-hybridized carbons (Fsp3) is 0.600. The molecule has 25 heavy (non-hydrogen) atoms. The molecule has 0 bridgehead atoms. The predicted molar refractivity (Wildman–Crippen MR) is 109 cm³/mol. The maximum absolute atomic E-state index is 6.32. The van der Waals surface area contributed by atoms with Gasteiger partial charge in [0.1, 0.15) is 0 Å². The van der Waals surface area contributed by atoms with E-state index in [2.05, 4.69) is 78.2 Å². The quantitative estimate of drug-likeness (QED) is 0.673. The number of hydrogen-bond acceptors (Lipinski definition) is 3. The van der Waals surface area contributed by atoms with Crippen molar-refractivity contribution in [2.24, 2.45) is 0 Å². The Morgan fingerprint density at radius 2 is 1.52 bits per heavy atom. The molecule has 1 saturated heterocycles. The van der Waals surface area contributed by atoms with Gasteiger partial charge in [-0.15, -0.1) is 0 Å². The summed E-state index contributed by atoms with van der Waals surface area (Å²) in [6.07, 6.45) is 1.87. The molecule has 1 fully saturated rings. The summed E-state index contributed by atoms with van der Waals surface area (Å²) in [5.74, 6) is 0. The van der Waals surface area contributed by atoms with Crippen LogP contribution in [0, 0.1) is 0 Å². The van der Waals surface area contributed by atoms with Crippen LogP contribution in [0.4, 0.5) is 0 Å². The molecule has 0 amide bonds. The summed E-state index contributed by atoms with van der Waals surface area (Å²) in [6, 6.07) is 8.48. The van der Waals surface area contributed by atoms with Crippen LogP contribution in [-0.4, -0.2) is 39.5 Å². The fourth-order valence-electron chi connectivity index (χ4n) is 3.45. The third-order valence-corrected chi connectivity index (χ3v) is 8.13. The minimum absolute atomic E-state index is 0.137. The van der Waals surface area contributed by atoms with Crippen molar-refractivity contribution < 1.29 is 14.0 Å². The van der Waals surface area contributed by atoms with Crippen LogP contribution in [0.1, 0.15) is 44.4 Å². The zero-order valence-corrected chi connectivity index (χ0v) is 18.1. The second-order valence-corrected chi connectivity index (χ2v) is 14.4. The lowest BCUT2D eigenvalue weighted by Gasteiger charge is -2.36. The van der Waals surface area contributed by atoms with Crippen LogP contribution >= 0.6 is 0 Å². The van der Waals surface area contributed by atoms with Crippen molar-refractivity contribution in [1.82, 2.24) is 0 Å². The van der Waals surface area contributed by atoms with Gasteiger partial charge in [0.2, 0.25) is 0 Å². The summed E-state index contributed by atoms with van der Waals surface area (Å²) < 4.78 is 18.6. The lowest BCUT2D eigenvalue weighted by molar-refractivity contribution is 0.00578. The highest BCUT2D eigenvalue weighted by molar-refractivity contribution is 6.78. The topological polar surface area (TPSA) is 27.7 Å². The van der Waals surface area contributed by atoms with Crippen LogP contribution in [0.3, 0.4) is 0 Å². The minimum Gasteiger partial charge on any atom is -0.402 e. The summed E-state index contributed by atoms with van der Waals surface area (Å²) in [5.41, 5.74) is 1.97. The van der Waals surface area contributed by atoms with Gasteiger partial charge in [-0.1, -0.05) is 56.6 Å². The molecule has 3 nitrogen and oxygen atoms in total. The highest BCUT2D eigenvalue weighted by Gasteiger charge is 2.57. The van der Waals surface area contributed by atoms with Gasteiger partial charge in [-0.3, -0.25) is 0 Å². The largest absolute Gasteiger partial charge is 0.489 e. The Morgan fingerprint density at radius 1 is 1.04 bits per heavy atom. The molecule has 138 valence electrons. The first kappa shape index (κ1) is 20.4. The molecule has 1 aromatic carbocycles. The third-order valence-electron chi connectivity index (χ3n) is 5.60. The number of rotatable bonds is 6. The minimum atomic E-state index is -1.61. The van der Waals surface area contributed by atoms with Gasteiger partial charge in [0.25, 0.3) is 0 Å². The number of ether oxygens (including phenoxy) is 1. The first-order valence-electron chi connectivity index (χ1n) is 9.04. The highest BCUT2D eigenvalue weighted by Crippen LogP contribution is 2.42. The van der Waals surface area contributed by atoms with Crippen molar-refractivity contribution in [2.45, 2.75) is 70.1 Å². The molecule has 5 heteroatoms. The van der Waals surface area contributed by atoms with E-state index in [0.717, 1.165) is 5.56 Å². The maximum atomic E-state index is 6.32. The van der Waals surface area contributed by atoms with Gasteiger partial charge in [0.05, 0.1) is 25.3 Å². The Kier molecular flexibility index (Phi) is 5.75. The number of hydrogen-bond donors (Lipinski definition) is 0. The smallest absolute Gasteiger partial charge is 0.402 e. The van der Waals surface area contributed by atoms with Crippen molar-refractivity contribution in [2.75, 3.05) is 7.11 Å². The molecule has 1 aromatic rings. The second-order valence-electron chi connectivity index (χ2n) is 9.04. The monoisotopic (exact) mass is 360 g/mol. The maximum Gasteiger partial charge on any atom is 0.489 e. The van der Waals surface area contributed by atoms with Gasteiger partial charge in [0, 0.05) is 12.7 Å². The Hall–Kier alpha value is -0.878. The SMILES string of the molecule is C=Cc1ccc([C@H]([C@@H](OC)B2OC(C)(C)C(C)(C)O2)[Si](C)(C)C)cc1.